The molecule has 0 saturated carbocycles. The van der Waals surface area contributed by atoms with Crippen LogP contribution >= 0.6 is 0 Å². The smallest absolute Gasteiger partial charge is 0.323 e. The summed E-state index contributed by atoms with van der Waals surface area (Å²) in [5, 5.41) is 0. The molecule has 8 heteroatoms. The van der Waals surface area contributed by atoms with Gasteiger partial charge in [0.25, 0.3) is 6.43 Å². The second-order valence-electron chi connectivity index (χ2n) is 2.42. The Bertz CT molecular complexity index is 158. The molecule has 0 fully saturated rings. The molecule has 80 valence electrons. The normalized spacial score (nSPS) is 20.1. The molecule has 0 bridgehead atoms. The largest absolute Gasteiger partial charge is 0.405 e. The number of rotatable bonds is 3. The van der Waals surface area contributed by atoms with Crippen molar-refractivity contribution in [2.45, 2.75) is 30.9 Å². The van der Waals surface area contributed by atoms with Crippen LogP contribution in [0, 0.1) is 0 Å². The Balaban J connectivity index is 4.34. The number of halogens is 6. The fourth-order valence-electron chi connectivity index (χ4n) is 0.584. The van der Waals surface area contributed by atoms with Gasteiger partial charge in [-0.3, -0.25) is 0 Å². The van der Waals surface area contributed by atoms with Crippen molar-refractivity contribution in [1.82, 2.24) is 0 Å². The van der Waals surface area contributed by atoms with E-state index in [2.05, 4.69) is 11.5 Å². The lowest BCUT2D eigenvalue weighted by Gasteiger charge is -2.24. The summed E-state index contributed by atoms with van der Waals surface area (Å²) < 4.78 is 70.5. The van der Waals surface area contributed by atoms with Gasteiger partial charge in [-0.2, -0.15) is 13.2 Å². The third-order valence-corrected chi connectivity index (χ3v) is 1.40. The summed E-state index contributed by atoms with van der Waals surface area (Å²) >= 11 is 0. The Morgan fingerprint density at radius 2 is 1.31 bits per heavy atom. The molecule has 3 atom stereocenters. The molecule has 0 aliphatic rings. The Morgan fingerprint density at radius 1 is 0.923 bits per heavy atom. The van der Waals surface area contributed by atoms with E-state index in [1.165, 1.54) is 0 Å². The first-order chi connectivity index (χ1) is 5.68. The molecule has 0 amide bonds. The standard InChI is InChI=1S/C5H8F6N2/c6-1(4(7)8)2(12)3(13)5(9,10)11/h1-4H,12-13H2. The van der Waals surface area contributed by atoms with Gasteiger partial charge in [-0.1, -0.05) is 0 Å². The van der Waals surface area contributed by atoms with Crippen molar-refractivity contribution < 1.29 is 26.3 Å². The molecule has 0 radical (unpaired) electrons. The minimum Gasteiger partial charge on any atom is -0.323 e. The fraction of sp³-hybridized carbons (Fsp3) is 1.00. The predicted molar refractivity (Wildman–Crippen MR) is 32.9 cm³/mol. The van der Waals surface area contributed by atoms with E-state index in [0.29, 0.717) is 0 Å². The Labute approximate surface area is 69.9 Å². The summed E-state index contributed by atoms with van der Waals surface area (Å²) in [6, 6.07) is -5.23. The van der Waals surface area contributed by atoms with Gasteiger partial charge >= 0.3 is 6.18 Å². The highest BCUT2D eigenvalue weighted by Crippen LogP contribution is 2.23. The van der Waals surface area contributed by atoms with E-state index in [0.717, 1.165) is 0 Å². The van der Waals surface area contributed by atoms with Gasteiger partial charge in [-0.25, -0.2) is 13.2 Å². The third kappa shape index (κ3) is 3.39. The first-order valence-corrected chi connectivity index (χ1v) is 3.18. The van der Waals surface area contributed by atoms with Gasteiger partial charge in [0.05, 0.1) is 6.04 Å². The number of nitrogens with two attached hydrogens (primary N) is 2. The van der Waals surface area contributed by atoms with Crippen LogP contribution < -0.4 is 11.5 Å². The minimum atomic E-state index is -4.97. The van der Waals surface area contributed by atoms with Crippen LogP contribution in [0.5, 0.6) is 0 Å². The average Bonchev–Trinajstić information content (AvgIpc) is 1.98. The molecule has 3 unspecified atom stereocenters. The molecule has 2 nitrogen and oxygen atoms in total. The van der Waals surface area contributed by atoms with Crippen molar-refractivity contribution in [2.24, 2.45) is 11.5 Å². The molecule has 13 heavy (non-hydrogen) atoms. The summed E-state index contributed by atoms with van der Waals surface area (Å²) in [4.78, 5) is 0. The van der Waals surface area contributed by atoms with Crippen LogP contribution in [0.4, 0.5) is 26.3 Å². The van der Waals surface area contributed by atoms with Gasteiger partial charge in [0.15, 0.2) is 6.17 Å². The van der Waals surface area contributed by atoms with Crippen molar-refractivity contribution in [3.8, 4) is 0 Å². The topological polar surface area (TPSA) is 52.0 Å². The van der Waals surface area contributed by atoms with Crippen molar-refractivity contribution >= 4 is 0 Å². The van der Waals surface area contributed by atoms with Crippen LogP contribution in [0.2, 0.25) is 0 Å². The molecule has 0 spiro atoms. The molecular formula is C5H8F6N2. The van der Waals surface area contributed by atoms with Gasteiger partial charge in [0, 0.05) is 0 Å². The fourth-order valence-corrected chi connectivity index (χ4v) is 0.584. The summed E-state index contributed by atoms with van der Waals surface area (Å²) in [6.07, 6.45) is -11.6. The van der Waals surface area contributed by atoms with E-state index < -0.39 is 30.9 Å². The molecule has 0 saturated heterocycles. The van der Waals surface area contributed by atoms with E-state index in [-0.39, 0.29) is 0 Å². The lowest BCUT2D eigenvalue weighted by molar-refractivity contribution is -0.159. The maximum absolute atomic E-state index is 12.2. The maximum atomic E-state index is 12.2. The quantitative estimate of drug-likeness (QED) is 0.677. The highest BCUT2D eigenvalue weighted by molar-refractivity contribution is 4.88. The molecule has 4 N–H and O–H groups in total. The summed E-state index contributed by atoms with van der Waals surface area (Å²) in [5.74, 6) is 0. The van der Waals surface area contributed by atoms with Gasteiger partial charge in [-0.15, -0.1) is 0 Å². The third-order valence-electron chi connectivity index (χ3n) is 1.40. The summed E-state index contributed by atoms with van der Waals surface area (Å²) in [5.41, 5.74) is 8.96. The summed E-state index contributed by atoms with van der Waals surface area (Å²) in [6.45, 7) is 0. The molecule has 0 aliphatic carbocycles. The van der Waals surface area contributed by atoms with Gasteiger partial charge < -0.3 is 11.5 Å². The molecule has 0 aliphatic heterocycles. The lowest BCUT2D eigenvalue weighted by Crippen LogP contribution is -2.57. The first-order valence-electron chi connectivity index (χ1n) is 3.18. The monoisotopic (exact) mass is 210 g/mol. The number of hydrogen-bond donors (Lipinski definition) is 2. The van der Waals surface area contributed by atoms with E-state index in [1.54, 1.807) is 0 Å². The first kappa shape index (κ1) is 12.5. The molecule has 0 aromatic heterocycles. The van der Waals surface area contributed by atoms with Crippen molar-refractivity contribution in [1.29, 1.82) is 0 Å². The Kier molecular flexibility index (Phi) is 3.98. The molecule has 0 aromatic rings. The second kappa shape index (κ2) is 4.14. The minimum absolute atomic E-state index is 2.44. The van der Waals surface area contributed by atoms with E-state index >= 15 is 0 Å². The van der Waals surface area contributed by atoms with Gasteiger partial charge in [0.1, 0.15) is 6.04 Å². The van der Waals surface area contributed by atoms with Crippen LogP contribution in [0.3, 0.4) is 0 Å². The van der Waals surface area contributed by atoms with E-state index in [1.807, 2.05) is 0 Å². The lowest BCUT2D eigenvalue weighted by atomic mass is 10.1. The summed E-state index contributed by atoms with van der Waals surface area (Å²) in [7, 11) is 0. The zero-order valence-electron chi connectivity index (χ0n) is 6.23. The van der Waals surface area contributed by atoms with Crippen molar-refractivity contribution in [2.75, 3.05) is 0 Å². The number of hydrogen-bond acceptors (Lipinski definition) is 2. The zero-order chi connectivity index (χ0) is 10.8. The molecule has 0 heterocycles. The highest BCUT2D eigenvalue weighted by atomic mass is 19.4. The van der Waals surface area contributed by atoms with Crippen molar-refractivity contribution in [3.05, 3.63) is 0 Å². The average molecular weight is 210 g/mol. The number of alkyl halides is 6. The predicted octanol–water partition coefficient (Wildman–Crippen LogP) is 0.807. The van der Waals surface area contributed by atoms with Crippen LogP contribution in [0.15, 0.2) is 0 Å². The van der Waals surface area contributed by atoms with Gasteiger partial charge in [-0.05, 0) is 0 Å². The zero-order valence-corrected chi connectivity index (χ0v) is 6.23. The van der Waals surface area contributed by atoms with Crippen LogP contribution in [0.1, 0.15) is 0 Å². The van der Waals surface area contributed by atoms with E-state index in [9.17, 15) is 26.3 Å². The molecule has 0 rings (SSSR count). The molecular weight excluding hydrogens is 202 g/mol. The highest BCUT2D eigenvalue weighted by Gasteiger charge is 2.45. The Morgan fingerprint density at radius 3 is 1.54 bits per heavy atom. The second-order valence-corrected chi connectivity index (χ2v) is 2.42. The van der Waals surface area contributed by atoms with E-state index in [4.69, 9.17) is 0 Å². The van der Waals surface area contributed by atoms with Gasteiger partial charge in [0.2, 0.25) is 0 Å². The van der Waals surface area contributed by atoms with Crippen LogP contribution in [-0.4, -0.2) is 30.9 Å². The van der Waals surface area contributed by atoms with Crippen molar-refractivity contribution in [3.63, 3.8) is 0 Å². The van der Waals surface area contributed by atoms with Crippen LogP contribution in [0.25, 0.3) is 0 Å². The van der Waals surface area contributed by atoms with Crippen LogP contribution in [-0.2, 0) is 0 Å². The SMILES string of the molecule is NC(C(F)C(F)F)C(N)C(F)(F)F. The molecule has 0 aromatic carbocycles. The Hall–Kier alpha value is -0.500. The maximum Gasteiger partial charge on any atom is 0.405 e.